The number of carbonyl (C=O) groups excluding carboxylic acids is 2. The van der Waals surface area contributed by atoms with Crippen molar-refractivity contribution >= 4 is 24.7 Å². The Balaban J connectivity index is 5.79. The Kier molecular flexibility index (Phi) is 9.64. The number of hydrogen-bond acceptors (Lipinski definition) is 5. The molecule has 0 aromatic carbocycles. The molecule has 0 rings (SSSR count). The van der Waals surface area contributed by atoms with Crippen LogP contribution in [-0.2, 0) is 14.3 Å². The van der Waals surface area contributed by atoms with Gasteiger partial charge in [-0.1, -0.05) is 39.5 Å². The summed E-state index contributed by atoms with van der Waals surface area (Å²) in [4.78, 5) is 24.0. The number of rotatable bonds is 7. The van der Waals surface area contributed by atoms with Crippen LogP contribution in [0.1, 0.15) is 41.5 Å². The number of carbonyl (C=O) groups is 2. The predicted octanol–water partition coefficient (Wildman–Crippen LogP) is 4.27. The third kappa shape index (κ3) is 8.82. The number of ether oxygens (including phenoxy) is 2. The van der Waals surface area contributed by atoms with Gasteiger partial charge in [0.2, 0.25) is 0 Å². The quantitative estimate of drug-likeness (QED) is 0.304. The van der Waals surface area contributed by atoms with Crippen molar-refractivity contribution in [2.45, 2.75) is 53.2 Å². The van der Waals surface area contributed by atoms with Gasteiger partial charge in [0.05, 0.1) is 18.1 Å². The highest BCUT2D eigenvalue weighted by Crippen LogP contribution is 2.25. The van der Waals surface area contributed by atoms with E-state index in [4.69, 9.17) is 4.74 Å². The van der Waals surface area contributed by atoms with Crippen LogP contribution in [0.25, 0.3) is 0 Å². The first-order valence-electron chi connectivity index (χ1n) is 8.24. The van der Waals surface area contributed by atoms with E-state index in [-0.39, 0.29) is 10.8 Å². The van der Waals surface area contributed by atoms with E-state index >= 15 is 0 Å². The topological polar surface area (TPSA) is 64.6 Å². The minimum absolute atomic E-state index is 0.106. The summed E-state index contributed by atoms with van der Waals surface area (Å²) in [7, 11) is 1.28. The fraction of sp³-hybridized carbons (Fsp3) is 0.579. The minimum atomic E-state index is -0.629. The first-order chi connectivity index (χ1) is 11.4. The molecule has 1 N–H and O–H groups in total. The highest BCUT2D eigenvalue weighted by atomic mass is 32.1. The maximum absolute atomic E-state index is 12.2. The first-order valence-corrected chi connectivity index (χ1v) is 8.68. The molecule has 0 saturated heterocycles. The second-order valence-electron chi connectivity index (χ2n) is 7.10. The summed E-state index contributed by atoms with van der Waals surface area (Å²) in [6.45, 7) is 15.3. The van der Waals surface area contributed by atoms with Crippen LogP contribution in [0, 0.1) is 11.8 Å². The van der Waals surface area contributed by atoms with Crippen molar-refractivity contribution in [2.75, 3.05) is 7.11 Å². The number of thiol groups is 1. The van der Waals surface area contributed by atoms with Crippen LogP contribution in [0.2, 0.25) is 0 Å². The SMILES string of the molecule is C=C/C=C(/C(/C=C(\S)C(=O)OC)NC(=O)OC(C)(C)C)C(C)C(C)C. The van der Waals surface area contributed by atoms with Crippen LogP contribution in [-0.4, -0.2) is 30.8 Å². The maximum Gasteiger partial charge on any atom is 0.408 e. The fourth-order valence-corrected chi connectivity index (χ4v) is 2.29. The molecular formula is C19H31NO4S. The molecule has 2 atom stereocenters. The van der Waals surface area contributed by atoms with Gasteiger partial charge in [-0.15, -0.1) is 12.6 Å². The van der Waals surface area contributed by atoms with Crippen LogP contribution >= 0.6 is 12.6 Å². The van der Waals surface area contributed by atoms with E-state index in [1.54, 1.807) is 32.9 Å². The minimum Gasteiger partial charge on any atom is -0.465 e. The van der Waals surface area contributed by atoms with E-state index in [9.17, 15) is 9.59 Å². The predicted molar refractivity (Wildman–Crippen MR) is 105 cm³/mol. The van der Waals surface area contributed by atoms with Crippen molar-refractivity contribution < 1.29 is 19.1 Å². The van der Waals surface area contributed by atoms with E-state index in [0.29, 0.717) is 5.92 Å². The van der Waals surface area contributed by atoms with Crippen molar-refractivity contribution in [1.82, 2.24) is 5.32 Å². The van der Waals surface area contributed by atoms with Crippen LogP contribution in [0.3, 0.4) is 0 Å². The molecule has 0 aromatic heterocycles. The molecule has 142 valence electrons. The van der Waals surface area contributed by atoms with Gasteiger partial charge in [0.25, 0.3) is 0 Å². The Hall–Kier alpha value is -1.69. The van der Waals surface area contributed by atoms with Crippen LogP contribution in [0.5, 0.6) is 0 Å². The van der Waals surface area contributed by atoms with Crippen LogP contribution in [0.4, 0.5) is 4.79 Å². The van der Waals surface area contributed by atoms with Gasteiger partial charge in [-0.25, -0.2) is 9.59 Å². The van der Waals surface area contributed by atoms with Gasteiger partial charge in [-0.3, -0.25) is 0 Å². The molecule has 0 radical (unpaired) electrons. The van der Waals surface area contributed by atoms with Crippen molar-refractivity contribution in [3.05, 3.63) is 35.3 Å². The average molecular weight is 370 g/mol. The summed E-state index contributed by atoms with van der Waals surface area (Å²) in [5.41, 5.74) is 0.266. The van der Waals surface area contributed by atoms with Gasteiger partial charge in [0.1, 0.15) is 5.60 Å². The van der Waals surface area contributed by atoms with E-state index in [2.05, 4.69) is 43.1 Å². The molecule has 0 bridgehead atoms. The normalized spacial score (nSPS) is 15.4. The molecule has 1 amide bonds. The first kappa shape index (κ1) is 23.3. The molecular weight excluding hydrogens is 338 g/mol. The molecule has 0 aliphatic carbocycles. The van der Waals surface area contributed by atoms with E-state index in [1.807, 2.05) is 13.0 Å². The number of alkyl carbamates (subject to hydrolysis) is 1. The highest BCUT2D eigenvalue weighted by Gasteiger charge is 2.25. The molecule has 0 aliphatic heterocycles. The molecule has 0 saturated carbocycles. The number of allylic oxidation sites excluding steroid dienone is 2. The third-order valence-corrected chi connectivity index (χ3v) is 3.92. The van der Waals surface area contributed by atoms with E-state index < -0.39 is 23.7 Å². The summed E-state index contributed by atoms with van der Waals surface area (Å²) in [5, 5.41) is 2.79. The van der Waals surface area contributed by atoms with E-state index in [1.165, 1.54) is 7.11 Å². The molecule has 25 heavy (non-hydrogen) atoms. The zero-order chi connectivity index (χ0) is 19.8. The Bertz CT molecular complexity index is 544. The number of nitrogens with one attached hydrogen (secondary N) is 1. The summed E-state index contributed by atoms with van der Waals surface area (Å²) in [6.07, 6.45) is 4.46. The van der Waals surface area contributed by atoms with Gasteiger partial charge in [0, 0.05) is 0 Å². The lowest BCUT2D eigenvalue weighted by Gasteiger charge is -2.28. The lowest BCUT2D eigenvalue weighted by molar-refractivity contribution is -0.135. The molecule has 0 aromatic rings. The Morgan fingerprint density at radius 1 is 1.20 bits per heavy atom. The second-order valence-corrected chi connectivity index (χ2v) is 7.58. The van der Waals surface area contributed by atoms with Crippen molar-refractivity contribution in [1.29, 1.82) is 0 Å². The molecule has 5 nitrogen and oxygen atoms in total. The Morgan fingerprint density at radius 3 is 2.16 bits per heavy atom. The van der Waals surface area contributed by atoms with Crippen LogP contribution < -0.4 is 5.32 Å². The highest BCUT2D eigenvalue weighted by molar-refractivity contribution is 7.85. The number of hydrogen-bond donors (Lipinski definition) is 2. The summed E-state index contributed by atoms with van der Waals surface area (Å²) < 4.78 is 10.0. The monoisotopic (exact) mass is 369 g/mol. The maximum atomic E-state index is 12.2. The van der Waals surface area contributed by atoms with Crippen molar-refractivity contribution in [3.63, 3.8) is 0 Å². The third-order valence-electron chi connectivity index (χ3n) is 3.59. The molecule has 0 aliphatic rings. The van der Waals surface area contributed by atoms with E-state index in [0.717, 1.165) is 5.57 Å². The van der Waals surface area contributed by atoms with Gasteiger partial charge in [-0.05, 0) is 44.3 Å². The smallest absolute Gasteiger partial charge is 0.408 e. The number of amides is 1. The Morgan fingerprint density at radius 2 is 1.76 bits per heavy atom. The number of methoxy groups -OCH3 is 1. The second kappa shape index (κ2) is 10.3. The zero-order valence-electron chi connectivity index (χ0n) is 16.3. The van der Waals surface area contributed by atoms with Crippen molar-refractivity contribution in [2.24, 2.45) is 11.8 Å². The summed E-state index contributed by atoms with van der Waals surface area (Å²) >= 11 is 4.18. The molecule has 0 spiro atoms. The largest absolute Gasteiger partial charge is 0.465 e. The Labute approximate surface area is 156 Å². The standard InChI is InChI=1S/C19H31NO4S/c1-9-10-14(13(4)12(2)3)15(11-16(25)17(21)23-8)20-18(22)24-19(5,6)7/h9-13,15,25H,1H2,2-8H3,(H,20,22)/b14-10+,16-11-. The summed E-state index contributed by atoms with van der Waals surface area (Å²) in [5.74, 6) is -0.119. The molecule has 0 fully saturated rings. The fourth-order valence-electron chi connectivity index (χ4n) is 2.05. The zero-order valence-corrected chi connectivity index (χ0v) is 17.1. The molecule has 6 heteroatoms. The van der Waals surface area contributed by atoms with Crippen molar-refractivity contribution in [3.8, 4) is 0 Å². The number of esters is 1. The molecule has 0 heterocycles. The lowest BCUT2D eigenvalue weighted by Crippen LogP contribution is -2.41. The van der Waals surface area contributed by atoms with Crippen LogP contribution in [0.15, 0.2) is 35.3 Å². The molecule has 2 unspecified atom stereocenters. The summed E-state index contributed by atoms with van der Waals surface area (Å²) in [6, 6.07) is -0.572. The van der Waals surface area contributed by atoms with Gasteiger partial charge in [-0.2, -0.15) is 0 Å². The average Bonchev–Trinajstić information content (AvgIpc) is 2.48. The van der Waals surface area contributed by atoms with Gasteiger partial charge in [0.15, 0.2) is 0 Å². The van der Waals surface area contributed by atoms with Gasteiger partial charge < -0.3 is 14.8 Å². The lowest BCUT2D eigenvalue weighted by atomic mass is 9.85. The van der Waals surface area contributed by atoms with Gasteiger partial charge >= 0.3 is 12.1 Å².